The van der Waals surface area contributed by atoms with E-state index in [0.717, 1.165) is 21.5 Å². The third kappa shape index (κ3) is 4.29. The van der Waals surface area contributed by atoms with Gasteiger partial charge in [-0.25, -0.2) is 4.79 Å². The quantitative estimate of drug-likeness (QED) is 0.639. The summed E-state index contributed by atoms with van der Waals surface area (Å²) in [5.41, 5.74) is 2.24. The lowest BCUT2D eigenvalue weighted by Gasteiger charge is -2.22. The van der Waals surface area contributed by atoms with E-state index in [-0.39, 0.29) is 18.3 Å². The van der Waals surface area contributed by atoms with Gasteiger partial charge < -0.3 is 9.32 Å². The summed E-state index contributed by atoms with van der Waals surface area (Å²) in [4.78, 5) is 27.2. The summed E-state index contributed by atoms with van der Waals surface area (Å²) in [5.74, 6) is -0.521. The van der Waals surface area contributed by atoms with Crippen LogP contribution in [0.1, 0.15) is 24.5 Å². The predicted molar refractivity (Wildman–Crippen MR) is 101 cm³/mol. The Kier molecular flexibility index (Phi) is 5.68. The van der Waals surface area contributed by atoms with Gasteiger partial charge in [-0.05, 0) is 30.4 Å². The molecule has 0 radical (unpaired) electrons. The largest absolute Gasteiger partial charge is 0.437 e. The van der Waals surface area contributed by atoms with Crippen LogP contribution in [0.3, 0.4) is 0 Å². The van der Waals surface area contributed by atoms with Gasteiger partial charge >= 0.3 is 5.76 Å². The molecule has 0 aliphatic heterocycles. The molecule has 3 rings (SSSR count). The van der Waals surface area contributed by atoms with Crippen molar-refractivity contribution in [3.05, 3.63) is 63.5 Å². The SMILES string of the molecule is CCCN(Cc1ccc(C)cc1)C(=O)Cn1nc(-c2cccs2)oc1=O. The number of hydrogen-bond acceptors (Lipinski definition) is 5. The van der Waals surface area contributed by atoms with Gasteiger partial charge in [0.2, 0.25) is 5.91 Å². The number of carbonyl (C=O) groups excluding carboxylic acids is 1. The molecule has 2 aromatic heterocycles. The molecule has 0 N–H and O–H groups in total. The normalized spacial score (nSPS) is 10.8. The Labute approximate surface area is 155 Å². The van der Waals surface area contributed by atoms with Gasteiger partial charge in [-0.15, -0.1) is 16.4 Å². The van der Waals surface area contributed by atoms with Crippen molar-refractivity contribution in [2.45, 2.75) is 33.4 Å². The summed E-state index contributed by atoms with van der Waals surface area (Å²) in [6.07, 6.45) is 0.839. The van der Waals surface area contributed by atoms with Crippen molar-refractivity contribution in [3.63, 3.8) is 0 Å². The number of carbonyl (C=O) groups is 1. The van der Waals surface area contributed by atoms with E-state index >= 15 is 0 Å². The van der Waals surface area contributed by atoms with Crippen molar-refractivity contribution in [1.29, 1.82) is 0 Å². The molecule has 7 heteroatoms. The summed E-state index contributed by atoms with van der Waals surface area (Å²) in [5, 5.41) is 6.03. The van der Waals surface area contributed by atoms with Crippen molar-refractivity contribution < 1.29 is 9.21 Å². The first-order chi connectivity index (χ1) is 12.6. The van der Waals surface area contributed by atoms with Gasteiger partial charge in [0, 0.05) is 13.1 Å². The minimum atomic E-state index is -0.617. The van der Waals surface area contributed by atoms with E-state index in [2.05, 4.69) is 5.10 Å². The summed E-state index contributed by atoms with van der Waals surface area (Å²) >= 11 is 1.43. The van der Waals surface area contributed by atoms with E-state index in [0.29, 0.717) is 13.1 Å². The fourth-order valence-corrected chi connectivity index (χ4v) is 3.25. The second-order valence-electron chi connectivity index (χ2n) is 6.11. The monoisotopic (exact) mass is 371 g/mol. The van der Waals surface area contributed by atoms with Crippen LogP contribution >= 0.6 is 11.3 Å². The number of nitrogens with zero attached hydrogens (tertiary/aromatic N) is 3. The van der Waals surface area contributed by atoms with Crippen LogP contribution in [0, 0.1) is 6.92 Å². The highest BCUT2D eigenvalue weighted by atomic mass is 32.1. The highest BCUT2D eigenvalue weighted by Crippen LogP contribution is 2.21. The molecule has 1 aromatic carbocycles. The number of benzene rings is 1. The Morgan fingerprint density at radius 1 is 1.27 bits per heavy atom. The average molecular weight is 371 g/mol. The molecule has 2 heterocycles. The van der Waals surface area contributed by atoms with Crippen molar-refractivity contribution >= 4 is 17.2 Å². The van der Waals surface area contributed by atoms with Crippen LogP contribution < -0.4 is 5.76 Å². The molecule has 136 valence electrons. The van der Waals surface area contributed by atoms with Crippen LogP contribution in [0.25, 0.3) is 10.8 Å². The molecule has 0 aliphatic rings. The molecule has 26 heavy (non-hydrogen) atoms. The van der Waals surface area contributed by atoms with Crippen molar-refractivity contribution in [3.8, 4) is 10.8 Å². The number of hydrogen-bond donors (Lipinski definition) is 0. The maximum atomic E-state index is 12.7. The third-order valence-electron chi connectivity index (χ3n) is 3.96. The second kappa shape index (κ2) is 8.14. The molecule has 0 fully saturated rings. The molecule has 0 spiro atoms. The number of thiophene rings is 1. The van der Waals surface area contributed by atoms with E-state index in [1.165, 1.54) is 16.9 Å². The van der Waals surface area contributed by atoms with Crippen LogP contribution in [-0.4, -0.2) is 27.1 Å². The Bertz CT molecular complexity index is 910. The molecular weight excluding hydrogens is 350 g/mol. The fourth-order valence-electron chi connectivity index (χ4n) is 2.61. The summed E-state index contributed by atoms with van der Waals surface area (Å²) in [6, 6.07) is 11.8. The molecular formula is C19H21N3O3S. The lowest BCUT2D eigenvalue weighted by atomic mass is 10.1. The minimum absolute atomic E-state index is 0.125. The maximum Gasteiger partial charge on any atom is 0.437 e. The molecule has 1 amide bonds. The van der Waals surface area contributed by atoms with Gasteiger partial charge in [-0.1, -0.05) is 42.8 Å². The van der Waals surface area contributed by atoms with E-state index in [9.17, 15) is 9.59 Å². The molecule has 0 bridgehead atoms. The van der Waals surface area contributed by atoms with Crippen LogP contribution in [0.15, 0.2) is 51.0 Å². The van der Waals surface area contributed by atoms with E-state index < -0.39 is 5.76 Å². The highest BCUT2D eigenvalue weighted by molar-refractivity contribution is 7.13. The topological polar surface area (TPSA) is 68.3 Å². The molecule has 3 aromatic rings. The fraction of sp³-hybridized carbons (Fsp3) is 0.316. The first kappa shape index (κ1) is 18.1. The molecule has 0 saturated heterocycles. The van der Waals surface area contributed by atoms with Crippen molar-refractivity contribution in [1.82, 2.24) is 14.7 Å². The van der Waals surface area contributed by atoms with Gasteiger partial charge in [0.25, 0.3) is 5.89 Å². The zero-order valence-electron chi connectivity index (χ0n) is 14.8. The minimum Gasteiger partial charge on any atom is -0.387 e. The van der Waals surface area contributed by atoms with Gasteiger partial charge in [0.15, 0.2) is 0 Å². The Balaban J connectivity index is 1.73. The number of amides is 1. The van der Waals surface area contributed by atoms with Gasteiger partial charge in [-0.2, -0.15) is 4.68 Å². The summed E-state index contributed by atoms with van der Waals surface area (Å²) in [7, 11) is 0. The molecule has 0 aliphatic carbocycles. The number of aromatic nitrogens is 2. The highest BCUT2D eigenvalue weighted by Gasteiger charge is 2.18. The van der Waals surface area contributed by atoms with Gasteiger partial charge in [0.05, 0.1) is 4.88 Å². The smallest absolute Gasteiger partial charge is 0.387 e. The van der Waals surface area contributed by atoms with Gasteiger partial charge in [0.1, 0.15) is 6.54 Å². The Hall–Kier alpha value is -2.67. The third-order valence-corrected chi connectivity index (χ3v) is 4.82. The lowest BCUT2D eigenvalue weighted by molar-refractivity contribution is -0.132. The van der Waals surface area contributed by atoms with Crippen LogP contribution in [-0.2, 0) is 17.9 Å². The lowest BCUT2D eigenvalue weighted by Crippen LogP contribution is -2.36. The predicted octanol–water partition coefficient (Wildman–Crippen LogP) is 3.31. The standard InChI is InChI=1S/C19H21N3O3S/c1-3-10-21(12-15-8-6-14(2)7-9-15)17(23)13-22-19(24)25-18(20-22)16-5-4-11-26-16/h4-9,11H,3,10,12-13H2,1-2H3. The van der Waals surface area contributed by atoms with Crippen molar-refractivity contribution in [2.24, 2.45) is 0 Å². The zero-order chi connectivity index (χ0) is 18.5. The van der Waals surface area contributed by atoms with E-state index in [1.807, 2.05) is 55.6 Å². The van der Waals surface area contributed by atoms with Crippen LogP contribution in [0.5, 0.6) is 0 Å². The van der Waals surface area contributed by atoms with Crippen LogP contribution in [0.2, 0.25) is 0 Å². The number of aryl methyl sites for hydroxylation is 1. The molecule has 0 unspecified atom stereocenters. The van der Waals surface area contributed by atoms with Crippen LogP contribution in [0.4, 0.5) is 0 Å². The zero-order valence-corrected chi connectivity index (χ0v) is 15.7. The average Bonchev–Trinajstić information content (AvgIpc) is 3.27. The Morgan fingerprint density at radius 2 is 2.04 bits per heavy atom. The molecule has 0 atom stereocenters. The second-order valence-corrected chi connectivity index (χ2v) is 7.06. The number of rotatable bonds is 7. The molecule has 6 nitrogen and oxygen atoms in total. The molecule has 0 saturated carbocycles. The summed E-state index contributed by atoms with van der Waals surface area (Å²) in [6.45, 7) is 5.06. The first-order valence-corrected chi connectivity index (χ1v) is 9.40. The summed E-state index contributed by atoms with van der Waals surface area (Å²) < 4.78 is 6.26. The Morgan fingerprint density at radius 3 is 2.69 bits per heavy atom. The maximum absolute atomic E-state index is 12.7. The van der Waals surface area contributed by atoms with Gasteiger partial charge in [-0.3, -0.25) is 4.79 Å². The van der Waals surface area contributed by atoms with E-state index in [4.69, 9.17) is 4.42 Å². The first-order valence-electron chi connectivity index (χ1n) is 8.52. The van der Waals surface area contributed by atoms with Crippen molar-refractivity contribution in [2.75, 3.05) is 6.54 Å². The van der Waals surface area contributed by atoms with E-state index in [1.54, 1.807) is 4.90 Å².